The third-order valence-corrected chi connectivity index (χ3v) is 3.52. The van der Waals surface area contributed by atoms with E-state index in [1.807, 2.05) is 0 Å². The van der Waals surface area contributed by atoms with Gasteiger partial charge in [0.25, 0.3) is 0 Å². The van der Waals surface area contributed by atoms with Gasteiger partial charge in [-0.3, -0.25) is 4.79 Å². The van der Waals surface area contributed by atoms with E-state index in [1.54, 1.807) is 30.3 Å². The number of hydrogen-bond donors (Lipinski definition) is 0. The van der Waals surface area contributed by atoms with Gasteiger partial charge in [-0.05, 0) is 48.6 Å². The summed E-state index contributed by atoms with van der Waals surface area (Å²) < 4.78 is 24.7. The van der Waals surface area contributed by atoms with Gasteiger partial charge in [-0.25, -0.2) is 4.39 Å². The summed E-state index contributed by atoms with van der Waals surface area (Å²) in [7, 11) is 0. The highest BCUT2D eigenvalue weighted by atomic mass is 79.9. The van der Waals surface area contributed by atoms with Crippen LogP contribution in [0.1, 0.15) is 15.9 Å². The van der Waals surface area contributed by atoms with E-state index in [1.165, 1.54) is 18.2 Å². The SMILES string of the molecule is O=C(/C=C/c1cc(Br)ccc1F)c1ccc2c(c1)OCO2. The van der Waals surface area contributed by atoms with E-state index < -0.39 is 0 Å². The molecular weight excluding hydrogens is 339 g/mol. The van der Waals surface area contributed by atoms with Crippen LogP contribution in [0.25, 0.3) is 6.08 Å². The first-order chi connectivity index (χ1) is 10.1. The van der Waals surface area contributed by atoms with Crippen LogP contribution in [-0.2, 0) is 0 Å². The minimum absolute atomic E-state index is 0.159. The molecule has 3 nitrogen and oxygen atoms in total. The lowest BCUT2D eigenvalue weighted by molar-refractivity contribution is 0.104. The normalized spacial score (nSPS) is 12.9. The Balaban J connectivity index is 1.83. The van der Waals surface area contributed by atoms with Crippen LogP contribution in [0.15, 0.2) is 46.9 Å². The highest BCUT2D eigenvalue weighted by Gasteiger charge is 2.15. The van der Waals surface area contributed by atoms with Crippen molar-refractivity contribution in [3.63, 3.8) is 0 Å². The zero-order valence-corrected chi connectivity index (χ0v) is 12.4. The fourth-order valence-electron chi connectivity index (χ4n) is 1.95. The molecule has 0 spiro atoms. The molecule has 0 unspecified atom stereocenters. The van der Waals surface area contributed by atoms with Crippen molar-refractivity contribution in [1.82, 2.24) is 0 Å². The van der Waals surface area contributed by atoms with Crippen molar-refractivity contribution in [3.8, 4) is 11.5 Å². The lowest BCUT2D eigenvalue weighted by Crippen LogP contribution is -1.94. The van der Waals surface area contributed by atoms with Gasteiger partial charge in [-0.1, -0.05) is 15.9 Å². The molecule has 0 aliphatic carbocycles. The van der Waals surface area contributed by atoms with Crippen molar-refractivity contribution < 1.29 is 18.7 Å². The summed E-state index contributed by atoms with van der Waals surface area (Å²) in [4.78, 5) is 12.1. The van der Waals surface area contributed by atoms with Crippen LogP contribution in [0.3, 0.4) is 0 Å². The van der Waals surface area contributed by atoms with Gasteiger partial charge in [0.05, 0.1) is 0 Å². The molecule has 5 heteroatoms. The van der Waals surface area contributed by atoms with Crippen molar-refractivity contribution in [2.75, 3.05) is 6.79 Å². The average molecular weight is 349 g/mol. The monoisotopic (exact) mass is 348 g/mol. The molecule has 0 fully saturated rings. The first-order valence-electron chi connectivity index (χ1n) is 6.20. The summed E-state index contributed by atoms with van der Waals surface area (Å²) in [5.74, 6) is 0.553. The Hall–Kier alpha value is -2.14. The second kappa shape index (κ2) is 5.69. The number of ether oxygens (including phenoxy) is 2. The third-order valence-electron chi connectivity index (χ3n) is 3.03. The average Bonchev–Trinajstić information content (AvgIpc) is 2.95. The standard InChI is InChI=1S/C16H10BrFO3/c17-12-3-4-13(18)10(7-12)1-5-14(19)11-2-6-15-16(8-11)21-9-20-15/h1-8H,9H2/b5-1+. The van der Waals surface area contributed by atoms with Crippen molar-refractivity contribution in [1.29, 1.82) is 0 Å². The number of benzene rings is 2. The van der Waals surface area contributed by atoms with Crippen LogP contribution in [0, 0.1) is 5.82 Å². The second-order valence-electron chi connectivity index (χ2n) is 4.43. The van der Waals surface area contributed by atoms with Gasteiger partial charge in [0.1, 0.15) is 5.82 Å². The van der Waals surface area contributed by atoms with Crippen molar-refractivity contribution >= 4 is 27.8 Å². The van der Waals surface area contributed by atoms with Gasteiger partial charge in [0, 0.05) is 15.6 Å². The lowest BCUT2D eigenvalue weighted by atomic mass is 10.1. The maximum atomic E-state index is 13.6. The number of halogens is 2. The molecular formula is C16H10BrFO3. The molecule has 0 N–H and O–H groups in total. The van der Waals surface area contributed by atoms with Crippen LogP contribution < -0.4 is 9.47 Å². The molecule has 0 radical (unpaired) electrons. The molecule has 0 amide bonds. The maximum absolute atomic E-state index is 13.6. The van der Waals surface area contributed by atoms with E-state index in [0.29, 0.717) is 22.6 Å². The molecule has 3 rings (SSSR count). The molecule has 106 valence electrons. The number of hydrogen-bond acceptors (Lipinski definition) is 3. The van der Waals surface area contributed by atoms with Crippen molar-refractivity contribution in [2.24, 2.45) is 0 Å². The number of carbonyl (C=O) groups excluding carboxylic acids is 1. The quantitative estimate of drug-likeness (QED) is 0.615. The van der Waals surface area contributed by atoms with Crippen LogP contribution in [0.2, 0.25) is 0 Å². The molecule has 2 aromatic carbocycles. The lowest BCUT2D eigenvalue weighted by Gasteiger charge is -2.00. The minimum atomic E-state index is -0.382. The largest absolute Gasteiger partial charge is 0.454 e. The maximum Gasteiger partial charge on any atom is 0.231 e. The van der Waals surface area contributed by atoms with E-state index in [-0.39, 0.29) is 18.4 Å². The van der Waals surface area contributed by atoms with Gasteiger partial charge < -0.3 is 9.47 Å². The van der Waals surface area contributed by atoms with Gasteiger partial charge in [-0.15, -0.1) is 0 Å². The van der Waals surface area contributed by atoms with E-state index in [9.17, 15) is 9.18 Å². The summed E-state index contributed by atoms with van der Waals surface area (Å²) in [5.41, 5.74) is 0.810. The van der Waals surface area contributed by atoms with E-state index >= 15 is 0 Å². The zero-order chi connectivity index (χ0) is 14.8. The number of fused-ring (bicyclic) bond motifs is 1. The molecule has 1 heterocycles. The summed E-state index contributed by atoms with van der Waals surface area (Å²) in [6.45, 7) is 0.159. The van der Waals surface area contributed by atoms with Crippen molar-refractivity contribution in [2.45, 2.75) is 0 Å². The Morgan fingerprint density at radius 1 is 1.14 bits per heavy atom. The summed E-state index contributed by atoms with van der Waals surface area (Å²) in [5, 5.41) is 0. The summed E-state index contributed by atoms with van der Waals surface area (Å²) in [6.07, 6.45) is 2.79. The fourth-order valence-corrected chi connectivity index (χ4v) is 2.33. The topological polar surface area (TPSA) is 35.5 Å². The molecule has 0 atom stereocenters. The second-order valence-corrected chi connectivity index (χ2v) is 5.35. The number of ketones is 1. The Kier molecular flexibility index (Phi) is 3.75. The molecule has 1 aliphatic rings. The first-order valence-corrected chi connectivity index (χ1v) is 7.00. The first kappa shape index (κ1) is 13.8. The predicted molar refractivity (Wildman–Crippen MR) is 80.0 cm³/mol. The third kappa shape index (κ3) is 2.97. The zero-order valence-electron chi connectivity index (χ0n) is 10.8. The molecule has 0 bridgehead atoms. The predicted octanol–water partition coefficient (Wildman–Crippen LogP) is 4.21. The molecule has 21 heavy (non-hydrogen) atoms. The number of carbonyl (C=O) groups is 1. The Morgan fingerprint density at radius 2 is 1.95 bits per heavy atom. The fraction of sp³-hybridized carbons (Fsp3) is 0.0625. The van der Waals surface area contributed by atoms with Gasteiger partial charge in [0.2, 0.25) is 6.79 Å². The molecule has 1 aliphatic heterocycles. The van der Waals surface area contributed by atoms with E-state index in [4.69, 9.17) is 9.47 Å². The summed E-state index contributed by atoms with van der Waals surface area (Å²) >= 11 is 3.27. The van der Waals surface area contributed by atoms with E-state index in [0.717, 1.165) is 4.47 Å². The molecule has 0 saturated carbocycles. The number of allylic oxidation sites excluding steroid dienone is 1. The highest BCUT2D eigenvalue weighted by molar-refractivity contribution is 9.10. The van der Waals surface area contributed by atoms with Gasteiger partial charge in [0.15, 0.2) is 17.3 Å². The Morgan fingerprint density at radius 3 is 2.81 bits per heavy atom. The smallest absolute Gasteiger partial charge is 0.231 e. The van der Waals surface area contributed by atoms with Crippen LogP contribution >= 0.6 is 15.9 Å². The van der Waals surface area contributed by atoms with Crippen LogP contribution in [-0.4, -0.2) is 12.6 Å². The highest BCUT2D eigenvalue weighted by Crippen LogP contribution is 2.32. The Labute approximate surface area is 129 Å². The van der Waals surface area contributed by atoms with Crippen molar-refractivity contribution in [3.05, 3.63) is 63.9 Å². The molecule has 0 aromatic heterocycles. The van der Waals surface area contributed by atoms with E-state index in [2.05, 4.69) is 15.9 Å². The van der Waals surface area contributed by atoms with Gasteiger partial charge in [-0.2, -0.15) is 0 Å². The number of rotatable bonds is 3. The molecule has 2 aromatic rings. The van der Waals surface area contributed by atoms with Crippen LogP contribution in [0.4, 0.5) is 4.39 Å². The Bertz CT molecular complexity index is 740. The minimum Gasteiger partial charge on any atom is -0.454 e. The van der Waals surface area contributed by atoms with Gasteiger partial charge >= 0.3 is 0 Å². The van der Waals surface area contributed by atoms with Crippen LogP contribution in [0.5, 0.6) is 11.5 Å². The summed E-state index contributed by atoms with van der Waals surface area (Å²) in [6, 6.07) is 9.51. The molecule has 0 saturated heterocycles.